The van der Waals surface area contributed by atoms with Crippen LogP contribution < -0.4 is 0 Å². The molecule has 2 aliphatic heterocycles. The molecule has 1 amide bonds. The molecule has 35 heavy (non-hydrogen) atoms. The average Bonchev–Trinajstić information content (AvgIpc) is 3.14. The smallest absolute Gasteiger partial charge is 0.328 e. The molecule has 0 spiro atoms. The van der Waals surface area contributed by atoms with Gasteiger partial charge in [0.15, 0.2) is 5.78 Å². The number of Topliss-reactive ketones (excluding diaryl/α,β-unsaturated/α-hetero) is 1. The maximum absolute atomic E-state index is 12.5. The van der Waals surface area contributed by atoms with E-state index in [4.69, 9.17) is 21.8 Å². The summed E-state index contributed by atoms with van der Waals surface area (Å²) < 4.78 is 0. The zero-order chi connectivity index (χ0) is 25.4. The second-order valence-corrected chi connectivity index (χ2v) is 8.94. The highest BCUT2D eigenvalue weighted by molar-refractivity contribution is 6.31. The summed E-state index contributed by atoms with van der Waals surface area (Å²) in [5.74, 6) is -1.74. The number of hydrogen-bond acceptors (Lipinski definition) is 5. The Labute approximate surface area is 208 Å². The van der Waals surface area contributed by atoms with Crippen molar-refractivity contribution in [2.45, 2.75) is 19.4 Å². The number of hydrogen-bond donors (Lipinski definition) is 2. The number of rotatable bonds is 7. The van der Waals surface area contributed by atoms with Gasteiger partial charge in [0, 0.05) is 41.4 Å². The van der Waals surface area contributed by atoms with Gasteiger partial charge in [0.1, 0.15) is 0 Å². The molecule has 184 valence electrons. The standard InChI is InChI=1S/C22H23ClN2O2.C4H4O4/c23-19-6-3-5-17(12-19)21(26)15-24-10-8-16(9-11-24)13-25-14-18-4-1-2-7-20(18)22(25)27;5-3(6)1-2-4(7)8/h1-7,12,16H,8-11,13-15H2;1-2H,(H,5,6)(H,7,8)/b;2-1+. The van der Waals surface area contributed by atoms with Gasteiger partial charge in [-0.3, -0.25) is 14.5 Å². The van der Waals surface area contributed by atoms with Crippen molar-refractivity contribution >= 4 is 35.2 Å². The van der Waals surface area contributed by atoms with Crippen LogP contribution in [0.5, 0.6) is 0 Å². The van der Waals surface area contributed by atoms with Gasteiger partial charge in [-0.2, -0.15) is 0 Å². The van der Waals surface area contributed by atoms with Gasteiger partial charge in [0.05, 0.1) is 6.54 Å². The van der Waals surface area contributed by atoms with Crippen molar-refractivity contribution in [3.63, 3.8) is 0 Å². The Morgan fingerprint density at radius 2 is 1.63 bits per heavy atom. The van der Waals surface area contributed by atoms with Crippen molar-refractivity contribution in [3.05, 3.63) is 82.4 Å². The lowest BCUT2D eigenvalue weighted by atomic mass is 9.95. The fourth-order valence-corrected chi connectivity index (χ4v) is 4.39. The van der Waals surface area contributed by atoms with E-state index < -0.39 is 11.9 Å². The summed E-state index contributed by atoms with van der Waals surface area (Å²) >= 11 is 5.98. The third kappa shape index (κ3) is 7.77. The summed E-state index contributed by atoms with van der Waals surface area (Å²) in [6.45, 7) is 3.76. The van der Waals surface area contributed by atoms with Crippen molar-refractivity contribution in [1.82, 2.24) is 9.80 Å². The predicted octanol–water partition coefficient (Wildman–Crippen LogP) is 3.60. The number of carboxylic acid groups (broad SMARTS) is 2. The van der Waals surface area contributed by atoms with Crippen LogP contribution in [-0.4, -0.2) is 69.8 Å². The monoisotopic (exact) mass is 498 g/mol. The molecule has 0 atom stereocenters. The molecule has 0 saturated carbocycles. The lowest BCUT2D eigenvalue weighted by molar-refractivity contribution is -0.134. The molecule has 0 radical (unpaired) electrons. The van der Waals surface area contributed by atoms with Crippen LogP contribution in [-0.2, 0) is 16.1 Å². The highest BCUT2D eigenvalue weighted by atomic mass is 35.5. The van der Waals surface area contributed by atoms with Crippen LogP contribution in [0, 0.1) is 5.92 Å². The zero-order valence-electron chi connectivity index (χ0n) is 19.1. The molecule has 9 heteroatoms. The van der Waals surface area contributed by atoms with Crippen LogP contribution in [0.15, 0.2) is 60.7 Å². The first kappa shape index (κ1) is 26.1. The fraction of sp³-hybridized carbons (Fsp3) is 0.308. The van der Waals surface area contributed by atoms with E-state index in [-0.39, 0.29) is 11.7 Å². The Hall–Kier alpha value is -3.49. The van der Waals surface area contributed by atoms with E-state index >= 15 is 0 Å². The molecule has 0 bridgehead atoms. The van der Waals surface area contributed by atoms with Crippen LogP contribution in [0.25, 0.3) is 0 Å². The number of halogens is 1. The highest BCUT2D eigenvalue weighted by Crippen LogP contribution is 2.26. The zero-order valence-corrected chi connectivity index (χ0v) is 19.9. The van der Waals surface area contributed by atoms with E-state index in [1.807, 2.05) is 41.3 Å². The Morgan fingerprint density at radius 1 is 0.971 bits per heavy atom. The van der Waals surface area contributed by atoms with Crippen LogP contribution in [0.1, 0.15) is 39.1 Å². The van der Waals surface area contributed by atoms with Crippen LogP contribution in [0.3, 0.4) is 0 Å². The summed E-state index contributed by atoms with van der Waals surface area (Å²) in [6.07, 6.45) is 3.15. The van der Waals surface area contributed by atoms with E-state index in [1.54, 1.807) is 12.1 Å². The number of piperidine rings is 1. The molecule has 4 rings (SSSR count). The normalized spacial score (nSPS) is 16.0. The van der Waals surface area contributed by atoms with E-state index in [1.165, 1.54) is 0 Å². The molecule has 1 fully saturated rings. The van der Waals surface area contributed by atoms with Gasteiger partial charge in [-0.25, -0.2) is 9.59 Å². The first-order chi connectivity index (χ1) is 16.7. The quantitative estimate of drug-likeness (QED) is 0.442. The SMILES string of the molecule is O=C(CN1CCC(CN2Cc3ccccc3C2=O)CC1)c1cccc(Cl)c1.O=C(O)/C=C/C(=O)O. The number of aliphatic carboxylic acids is 2. The van der Waals surface area contributed by atoms with E-state index in [0.717, 1.165) is 50.1 Å². The summed E-state index contributed by atoms with van der Waals surface area (Å²) in [6, 6.07) is 15.0. The van der Waals surface area contributed by atoms with E-state index in [2.05, 4.69) is 4.90 Å². The van der Waals surface area contributed by atoms with Crippen LogP contribution >= 0.6 is 11.6 Å². The van der Waals surface area contributed by atoms with Gasteiger partial charge >= 0.3 is 11.9 Å². The molecule has 2 aromatic carbocycles. The summed E-state index contributed by atoms with van der Waals surface area (Å²) in [5, 5.41) is 16.2. The molecule has 2 heterocycles. The molecule has 2 aliphatic rings. The molecule has 0 unspecified atom stereocenters. The number of carbonyl (C=O) groups is 4. The molecular weight excluding hydrogens is 472 g/mol. The number of fused-ring (bicyclic) bond motifs is 1. The molecule has 0 aromatic heterocycles. The van der Waals surface area contributed by atoms with Gasteiger partial charge in [-0.1, -0.05) is 41.9 Å². The minimum absolute atomic E-state index is 0.112. The summed E-state index contributed by atoms with van der Waals surface area (Å²) in [4.78, 5) is 48.3. The van der Waals surface area contributed by atoms with Crippen LogP contribution in [0.2, 0.25) is 5.02 Å². The second-order valence-electron chi connectivity index (χ2n) is 8.51. The topological polar surface area (TPSA) is 115 Å². The number of amides is 1. The Balaban J connectivity index is 0.000000371. The van der Waals surface area contributed by atoms with Gasteiger partial charge in [0.2, 0.25) is 0 Å². The van der Waals surface area contributed by atoms with Crippen LogP contribution in [0.4, 0.5) is 0 Å². The van der Waals surface area contributed by atoms with Gasteiger partial charge in [-0.05, 0) is 55.6 Å². The van der Waals surface area contributed by atoms with Crippen molar-refractivity contribution in [1.29, 1.82) is 0 Å². The average molecular weight is 499 g/mol. The minimum atomic E-state index is -1.26. The minimum Gasteiger partial charge on any atom is -0.478 e. The summed E-state index contributed by atoms with van der Waals surface area (Å²) in [5.41, 5.74) is 2.65. The second kappa shape index (κ2) is 12.3. The van der Waals surface area contributed by atoms with Crippen molar-refractivity contribution in [2.75, 3.05) is 26.2 Å². The first-order valence-corrected chi connectivity index (χ1v) is 11.6. The maximum Gasteiger partial charge on any atom is 0.328 e. The predicted molar refractivity (Wildman–Crippen MR) is 131 cm³/mol. The molecule has 8 nitrogen and oxygen atoms in total. The largest absolute Gasteiger partial charge is 0.478 e. The number of nitrogens with zero attached hydrogens (tertiary/aromatic N) is 2. The molecule has 0 aliphatic carbocycles. The lowest BCUT2D eigenvalue weighted by Crippen LogP contribution is -2.40. The van der Waals surface area contributed by atoms with Gasteiger partial charge in [0.25, 0.3) is 5.91 Å². The number of likely N-dealkylation sites (tertiary alicyclic amines) is 1. The number of benzene rings is 2. The van der Waals surface area contributed by atoms with E-state index in [0.29, 0.717) is 35.2 Å². The van der Waals surface area contributed by atoms with Crippen molar-refractivity contribution in [2.24, 2.45) is 5.92 Å². The Morgan fingerprint density at radius 3 is 2.23 bits per heavy atom. The molecule has 2 N–H and O–H groups in total. The Kier molecular flexibility index (Phi) is 9.17. The third-order valence-corrected chi connectivity index (χ3v) is 6.20. The number of ketones is 1. The third-order valence-electron chi connectivity index (χ3n) is 5.96. The molecule has 2 aromatic rings. The van der Waals surface area contributed by atoms with Gasteiger partial charge < -0.3 is 15.1 Å². The van der Waals surface area contributed by atoms with Gasteiger partial charge in [-0.15, -0.1) is 0 Å². The van der Waals surface area contributed by atoms with Crippen molar-refractivity contribution in [3.8, 4) is 0 Å². The Bertz CT molecular complexity index is 1110. The first-order valence-electron chi connectivity index (χ1n) is 11.2. The van der Waals surface area contributed by atoms with E-state index in [9.17, 15) is 19.2 Å². The molecule has 1 saturated heterocycles. The summed E-state index contributed by atoms with van der Waals surface area (Å²) in [7, 11) is 0. The van der Waals surface area contributed by atoms with Crippen molar-refractivity contribution < 1.29 is 29.4 Å². The molecular formula is C26H27ClN2O6. The number of carboxylic acids is 2. The fourth-order valence-electron chi connectivity index (χ4n) is 4.20. The number of carbonyl (C=O) groups excluding carboxylic acids is 2. The highest BCUT2D eigenvalue weighted by Gasteiger charge is 2.30. The maximum atomic E-state index is 12.5. The lowest BCUT2D eigenvalue weighted by Gasteiger charge is -2.33.